The highest BCUT2D eigenvalue weighted by molar-refractivity contribution is 7.99. The van der Waals surface area contributed by atoms with Gasteiger partial charge in [-0.25, -0.2) is 9.47 Å². The van der Waals surface area contributed by atoms with Crippen LogP contribution in [0.4, 0.5) is 5.69 Å². The normalized spacial score (nSPS) is 10.6. The van der Waals surface area contributed by atoms with Crippen molar-refractivity contribution < 1.29 is 14.7 Å². The lowest BCUT2D eigenvalue weighted by Gasteiger charge is -2.07. The van der Waals surface area contributed by atoms with E-state index in [1.807, 2.05) is 0 Å². The Morgan fingerprint density at radius 2 is 1.96 bits per heavy atom. The van der Waals surface area contributed by atoms with Gasteiger partial charge < -0.3 is 16.3 Å². The molecular weight excluding hydrogens is 390 g/mol. The standard InChI is InChI=1S/C17H14ClN5O3S/c18-13-7-2-1-6-12(13)15-21-22-17(23(15)19)27-9-14(24)20-11-5-3-4-10(8-11)16(25)26/h1-8H,9,19H2,(H,20,24)(H,25,26). The van der Waals surface area contributed by atoms with Crippen LogP contribution in [-0.2, 0) is 4.79 Å². The number of carboxylic acid groups (broad SMARTS) is 1. The molecule has 0 aliphatic carbocycles. The lowest BCUT2D eigenvalue weighted by Crippen LogP contribution is -2.16. The van der Waals surface area contributed by atoms with Crippen molar-refractivity contribution in [1.29, 1.82) is 0 Å². The number of benzene rings is 2. The molecule has 0 atom stereocenters. The molecule has 10 heteroatoms. The maximum absolute atomic E-state index is 12.1. The van der Waals surface area contributed by atoms with Crippen LogP contribution in [0.15, 0.2) is 53.7 Å². The Hall–Kier alpha value is -3.04. The van der Waals surface area contributed by atoms with Gasteiger partial charge in [0.25, 0.3) is 0 Å². The average molecular weight is 404 g/mol. The topological polar surface area (TPSA) is 123 Å². The van der Waals surface area contributed by atoms with Crippen LogP contribution in [0.25, 0.3) is 11.4 Å². The van der Waals surface area contributed by atoms with Crippen LogP contribution in [0, 0.1) is 0 Å². The number of carbonyl (C=O) groups is 2. The molecule has 1 aromatic heterocycles. The maximum Gasteiger partial charge on any atom is 0.335 e. The number of amides is 1. The van der Waals surface area contributed by atoms with Crippen molar-refractivity contribution in [2.24, 2.45) is 0 Å². The van der Waals surface area contributed by atoms with Crippen LogP contribution in [0.3, 0.4) is 0 Å². The summed E-state index contributed by atoms with van der Waals surface area (Å²) in [5.41, 5.74) is 1.12. The van der Waals surface area contributed by atoms with Crippen LogP contribution in [-0.4, -0.2) is 37.6 Å². The lowest BCUT2D eigenvalue weighted by molar-refractivity contribution is -0.113. The van der Waals surface area contributed by atoms with Gasteiger partial charge in [-0.3, -0.25) is 4.79 Å². The Morgan fingerprint density at radius 3 is 2.70 bits per heavy atom. The monoisotopic (exact) mass is 403 g/mol. The first-order chi connectivity index (χ1) is 13.0. The summed E-state index contributed by atoms with van der Waals surface area (Å²) in [4.78, 5) is 23.1. The fourth-order valence-electron chi connectivity index (χ4n) is 2.26. The second kappa shape index (κ2) is 8.11. The van der Waals surface area contributed by atoms with E-state index >= 15 is 0 Å². The third-order valence-corrected chi connectivity index (χ3v) is 4.78. The van der Waals surface area contributed by atoms with Crippen LogP contribution >= 0.6 is 23.4 Å². The molecule has 8 nitrogen and oxygen atoms in total. The SMILES string of the molecule is Nn1c(SCC(=O)Nc2cccc(C(=O)O)c2)nnc1-c1ccccc1Cl. The molecule has 1 amide bonds. The Bertz CT molecular complexity index is 1010. The fraction of sp³-hybridized carbons (Fsp3) is 0.0588. The van der Waals surface area contributed by atoms with E-state index in [-0.39, 0.29) is 17.2 Å². The van der Waals surface area contributed by atoms with E-state index in [2.05, 4.69) is 15.5 Å². The number of thioether (sulfide) groups is 1. The van der Waals surface area contributed by atoms with E-state index in [0.717, 1.165) is 11.8 Å². The first-order valence-corrected chi connectivity index (χ1v) is 9.03. The summed E-state index contributed by atoms with van der Waals surface area (Å²) in [6, 6.07) is 13.1. The molecule has 3 rings (SSSR count). The predicted molar refractivity (Wildman–Crippen MR) is 103 cm³/mol. The third kappa shape index (κ3) is 4.39. The summed E-state index contributed by atoms with van der Waals surface area (Å²) in [7, 11) is 0. The number of rotatable bonds is 6. The van der Waals surface area contributed by atoms with Gasteiger partial charge in [-0.05, 0) is 30.3 Å². The van der Waals surface area contributed by atoms with E-state index in [0.29, 0.717) is 27.3 Å². The minimum Gasteiger partial charge on any atom is -0.478 e. The van der Waals surface area contributed by atoms with Crippen molar-refractivity contribution in [3.8, 4) is 11.4 Å². The molecule has 0 radical (unpaired) electrons. The van der Waals surface area contributed by atoms with Gasteiger partial charge in [-0.1, -0.05) is 41.6 Å². The first-order valence-electron chi connectivity index (χ1n) is 7.67. The highest BCUT2D eigenvalue weighted by atomic mass is 35.5. The van der Waals surface area contributed by atoms with E-state index in [1.54, 1.807) is 36.4 Å². The van der Waals surface area contributed by atoms with E-state index in [4.69, 9.17) is 22.6 Å². The highest BCUT2D eigenvalue weighted by Gasteiger charge is 2.16. The second-order valence-corrected chi connectivity index (χ2v) is 6.73. The zero-order valence-electron chi connectivity index (χ0n) is 13.8. The molecule has 0 saturated carbocycles. The molecule has 0 aliphatic heterocycles. The van der Waals surface area contributed by atoms with Crippen LogP contribution in [0.5, 0.6) is 0 Å². The average Bonchev–Trinajstić information content (AvgIpc) is 3.01. The second-order valence-electron chi connectivity index (χ2n) is 5.38. The van der Waals surface area contributed by atoms with Gasteiger partial charge in [0.05, 0.1) is 16.3 Å². The van der Waals surface area contributed by atoms with Gasteiger partial charge in [0, 0.05) is 11.3 Å². The molecule has 27 heavy (non-hydrogen) atoms. The number of aromatic carboxylic acids is 1. The zero-order valence-corrected chi connectivity index (χ0v) is 15.4. The summed E-state index contributed by atoms with van der Waals surface area (Å²) < 4.78 is 1.27. The first kappa shape index (κ1) is 18.7. The van der Waals surface area contributed by atoms with Crippen LogP contribution in [0.1, 0.15) is 10.4 Å². The minimum atomic E-state index is -1.07. The summed E-state index contributed by atoms with van der Waals surface area (Å²) in [6.07, 6.45) is 0. The van der Waals surface area contributed by atoms with Crippen molar-refractivity contribution in [1.82, 2.24) is 14.9 Å². The summed E-state index contributed by atoms with van der Waals surface area (Å²) in [6.45, 7) is 0. The number of aromatic nitrogens is 3. The molecule has 0 bridgehead atoms. The molecular formula is C17H14ClN5O3S. The van der Waals surface area contributed by atoms with Crippen molar-refractivity contribution in [2.45, 2.75) is 5.16 Å². The summed E-state index contributed by atoms with van der Waals surface area (Å²) in [5.74, 6) is 5.03. The number of anilines is 1. The van der Waals surface area contributed by atoms with Gasteiger partial charge >= 0.3 is 5.97 Å². The number of nitrogens with one attached hydrogen (secondary N) is 1. The number of nitrogen functional groups attached to an aromatic ring is 1. The number of carbonyl (C=O) groups excluding carboxylic acids is 1. The molecule has 0 saturated heterocycles. The van der Waals surface area contributed by atoms with Crippen molar-refractivity contribution in [3.63, 3.8) is 0 Å². The van der Waals surface area contributed by atoms with Crippen molar-refractivity contribution in [2.75, 3.05) is 16.9 Å². The molecule has 0 aliphatic rings. The quantitative estimate of drug-likeness (QED) is 0.427. The van der Waals surface area contributed by atoms with Gasteiger partial charge in [0.1, 0.15) is 0 Å². The summed E-state index contributed by atoms with van der Waals surface area (Å²) in [5, 5.41) is 20.5. The van der Waals surface area contributed by atoms with Crippen LogP contribution in [0.2, 0.25) is 5.02 Å². The largest absolute Gasteiger partial charge is 0.478 e. The molecule has 1 heterocycles. The predicted octanol–water partition coefficient (Wildman–Crippen LogP) is 2.74. The fourth-order valence-corrected chi connectivity index (χ4v) is 3.14. The Labute approximate surface area is 163 Å². The lowest BCUT2D eigenvalue weighted by atomic mass is 10.2. The number of halogens is 1. The van der Waals surface area contributed by atoms with Gasteiger partial charge in [0.15, 0.2) is 5.82 Å². The van der Waals surface area contributed by atoms with E-state index in [1.165, 1.54) is 16.8 Å². The van der Waals surface area contributed by atoms with Crippen molar-refractivity contribution >= 4 is 40.9 Å². The smallest absolute Gasteiger partial charge is 0.335 e. The molecule has 0 fully saturated rings. The van der Waals surface area contributed by atoms with Crippen molar-refractivity contribution in [3.05, 3.63) is 59.1 Å². The van der Waals surface area contributed by atoms with Gasteiger partial charge in [-0.2, -0.15) is 0 Å². The zero-order chi connectivity index (χ0) is 19.4. The number of nitrogens with zero attached hydrogens (tertiary/aromatic N) is 3. The molecule has 4 N–H and O–H groups in total. The number of nitrogens with two attached hydrogens (primary N) is 1. The van der Waals surface area contributed by atoms with E-state index in [9.17, 15) is 9.59 Å². The molecule has 3 aromatic rings. The van der Waals surface area contributed by atoms with Crippen LogP contribution < -0.4 is 11.2 Å². The maximum atomic E-state index is 12.1. The summed E-state index contributed by atoms with van der Waals surface area (Å²) >= 11 is 7.24. The molecule has 2 aromatic carbocycles. The Kier molecular flexibility index (Phi) is 5.63. The van der Waals surface area contributed by atoms with Gasteiger partial charge in [-0.15, -0.1) is 10.2 Å². The molecule has 138 valence electrons. The highest BCUT2D eigenvalue weighted by Crippen LogP contribution is 2.27. The number of carboxylic acids is 1. The van der Waals surface area contributed by atoms with Gasteiger partial charge in [0.2, 0.25) is 11.1 Å². The number of hydrogen-bond acceptors (Lipinski definition) is 6. The Balaban J connectivity index is 1.65. The molecule has 0 unspecified atom stereocenters. The number of hydrogen-bond donors (Lipinski definition) is 3. The Morgan fingerprint density at radius 1 is 1.19 bits per heavy atom. The third-order valence-electron chi connectivity index (χ3n) is 3.50. The molecule has 0 spiro atoms. The minimum absolute atomic E-state index is 0.0230. The van der Waals surface area contributed by atoms with E-state index < -0.39 is 5.97 Å².